The Balaban J connectivity index is 2.11. The number of nitrogen functional groups attached to an aromatic ring is 1. The molecule has 1 fully saturated rings. The average Bonchev–Trinajstić information content (AvgIpc) is 3.19. The minimum atomic E-state index is -0.251. The first-order chi connectivity index (χ1) is 9.61. The number of hydrogen-bond acceptors (Lipinski definition) is 3. The van der Waals surface area contributed by atoms with Crippen LogP contribution < -0.4 is 11.1 Å². The lowest BCUT2D eigenvalue weighted by molar-refractivity contribution is -0.123. The molecule has 1 unspecified atom stereocenters. The fourth-order valence-electron chi connectivity index (χ4n) is 2.61. The summed E-state index contributed by atoms with van der Waals surface area (Å²) in [5.41, 5.74) is 8.40. The fourth-order valence-corrected chi connectivity index (χ4v) is 2.61. The van der Waals surface area contributed by atoms with E-state index in [-0.39, 0.29) is 11.9 Å². The Morgan fingerprint density at radius 1 is 1.55 bits per heavy atom. The molecule has 5 heteroatoms. The standard InChI is InChI=1S/C15H20N4O/c1-3-17-15(20)9(2)19-13-7-6-11(16)8-12(13)18-14(19)10-4-5-10/h6-10H,3-5,16H2,1-2H3,(H,17,20). The number of amides is 1. The number of anilines is 1. The van der Waals surface area contributed by atoms with Crippen LogP contribution in [0.5, 0.6) is 0 Å². The Kier molecular flexibility index (Phi) is 3.12. The summed E-state index contributed by atoms with van der Waals surface area (Å²) < 4.78 is 2.07. The Morgan fingerprint density at radius 2 is 2.30 bits per heavy atom. The van der Waals surface area contributed by atoms with Gasteiger partial charge in [-0.2, -0.15) is 0 Å². The van der Waals surface area contributed by atoms with Crippen LogP contribution in [-0.4, -0.2) is 22.0 Å². The second-order valence-electron chi connectivity index (χ2n) is 5.43. The summed E-state index contributed by atoms with van der Waals surface area (Å²) in [6.45, 7) is 4.50. The first-order valence-corrected chi connectivity index (χ1v) is 7.17. The van der Waals surface area contributed by atoms with Gasteiger partial charge in [-0.05, 0) is 44.9 Å². The van der Waals surface area contributed by atoms with Gasteiger partial charge in [0, 0.05) is 18.2 Å². The zero-order chi connectivity index (χ0) is 14.3. The van der Waals surface area contributed by atoms with Crippen LogP contribution >= 0.6 is 0 Å². The van der Waals surface area contributed by atoms with Gasteiger partial charge in [0.25, 0.3) is 0 Å². The van der Waals surface area contributed by atoms with Crippen molar-refractivity contribution in [3.05, 3.63) is 24.0 Å². The highest BCUT2D eigenvalue weighted by atomic mass is 16.2. The van der Waals surface area contributed by atoms with Gasteiger partial charge >= 0.3 is 0 Å². The van der Waals surface area contributed by atoms with Gasteiger partial charge in [0.1, 0.15) is 11.9 Å². The van der Waals surface area contributed by atoms with Crippen LogP contribution in [-0.2, 0) is 4.79 Å². The molecular formula is C15H20N4O. The van der Waals surface area contributed by atoms with Crippen molar-refractivity contribution >= 4 is 22.6 Å². The lowest BCUT2D eigenvalue weighted by atomic mass is 10.2. The van der Waals surface area contributed by atoms with Crippen LogP contribution in [0, 0.1) is 0 Å². The van der Waals surface area contributed by atoms with Crippen molar-refractivity contribution in [2.24, 2.45) is 0 Å². The molecule has 3 rings (SSSR count). The SMILES string of the molecule is CCNC(=O)C(C)n1c(C2CC2)nc2cc(N)ccc21. The highest BCUT2D eigenvalue weighted by Crippen LogP contribution is 2.42. The van der Waals surface area contributed by atoms with Gasteiger partial charge in [-0.3, -0.25) is 4.79 Å². The van der Waals surface area contributed by atoms with Crippen molar-refractivity contribution in [1.29, 1.82) is 0 Å². The maximum atomic E-state index is 12.2. The van der Waals surface area contributed by atoms with E-state index in [0.29, 0.717) is 18.2 Å². The Bertz CT molecular complexity index is 657. The third-order valence-corrected chi connectivity index (χ3v) is 3.80. The zero-order valence-corrected chi connectivity index (χ0v) is 11.9. The number of nitrogens with two attached hydrogens (primary N) is 1. The quantitative estimate of drug-likeness (QED) is 0.838. The highest BCUT2D eigenvalue weighted by molar-refractivity contribution is 5.85. The van der Waals surface area contributed by atoms with Crippen molar-refractivity contribution in [3.8, 4) is 0 Å². The monoisotopic (exact) mass is 272 g/mol. The summed E-state index contributed by atoms with van der Waals surface area (Å²) in [6.07, 6.45) is 2.31. The van der Waals surface area contributed by atoms with Crippen molar-refractivity contribution in [2.45, 2.75) is 38.6 Å². The zero-order valence-electron chi connectivity index (χ0n) is 11.9. The van der Waals surface area contributed by atoms with E-state index in [9.17, 15) is 4.79 Å². The lowest BCUT2D eigenvalue weighted by Crippen LogP contribution is -2.31. The Labute approximate surface area is 118 Å². The van der Waals surface area contributed by atoms with Crippen LogP contribution in [0.1, 0.15) is 44.5 Å². The molecule has 20 heavy (non-hydrogen) atoms. The van der Waals surface area contributed by atoms with Crippen LogP contribution in [0.2, 0.25) is 0 Å². The summed E-state index contributed by atoms with van der Waals surface area (Å²) in [4.78, 5) is 16.9. The topological polar surface area (TPSA) is 72.9 Å². The van der Waals surface area contributed by atoms with Gasteiger partial charge < -0.3 is 15.6 Å². The van der Waals surface area contributed by atoms with E-state index >= 15 is 0 Å². The highest BCUT2D eigenvalue weighted by Gasteiger charge is 2.32. The normalized spacial score (nSPS) is 16.3. The van der Waals surface area contributed by atoms with Gasteiger partial charge in [0.05, 0.1) is 11.0 Å². The number of likely N-dealkylation sites (N-methyl/N-ethyl adjacent to an activating group) is 1. The molecule has 106 valence electrons. The number of imidazole rings is 1. The molecule has 1 atom stereocenters. The van der Waals surface area contributed by atoms with E-state index in [4.69, 9.17) is 10.7 Å². The number of carbonyl (C=O) groups is 1. The molecule has 0 radical (unpaired) electrons. The minimum absolute atomic E-state index is 0.0329. The number of aromatic nitrogens is 2. The maximum absolute atomic E-state index is 12.2. The third kappa shape index (κ3) is 2.13. The van der Waals surface area contributed by atoms with Crippen LogP contribution in [0.15, 0.2) is 18.2 Å². The molecule has 1 aliphatic carbocycles. The summed E-state index contributed by atoms with van der Waals surface area (Å²) >= 11 is 0. The third-order valence-electron chi connectivity index (χ3n) is 3.80. The average molecular weight is 272 g/mol. The van der Waals surface area contributed by atoms with Gasteiger partial charge in [0.15, 0.2) is 0 Å². The molecule has 0 bridgehead atoms. The van der Waals surface area contributed by atoms with Crippen molar-refractivity contribution < 1.29 is 4.79 Å². The predicted octanol–water partition coefficient (Wildman–Crippen LogP) is 2.19. The molecule has 1 amide bonds. The van der Waals surface area contributed by atoms with Gasteiger partial charge in [-0.25, -0.2) is 4.98 Å². The number of nitrogens with one attached hydrogen (secondary N) is 1. The second-order valence-corrected chi connectivity index (χ2v) is 5.43. The molecule has 1 aromatic heterocycles. The van der Waals surface area contributed by atoms with E-state index in [1.54, 1.807) is 0 Å². The summed E-state index contributed by atoms with van der Waals surface area (Å²) in [6, 6.07) is 5.45. The molecule has 0 spiro atoms. The number of benzene rings is 1. The molecule has 0 saturated heterocycles. The van der Waals surface area contributed by atoms with Gasteiger partial charge in [0.2, 0.25) is 5.91 Å². The maximum Gasteiger partial charge on any atom is 0.242 e. The second kappa shape index (κ2) is 4.81. The van der Waals surface area contributed by atoms with Crippen LogP contribution in [0.25, 0.3) is 11.0 Å². The van der Waals surface area contributed by atoms with Gasteiger partial charge in [-0.15, -0.1) is 0 Å². The van der Waals surface area contributed by atoms with E-state index in [1.165, 1.54) is 0 Å². The number of rotatable bonds is 4. The predicted molar refractivity (Wildman–Crippen MR) is 79.5 cm³/mol. The van der Waals surface area contributed by atoms with Crippen molar-refractivity contribution in [1.82, 2.24) is 14.9 Å². The summed E-state index contributed by atoms with van der Waals surface area (Å²) in [5, 5.41) is 2.88. The van der Waals surface area contributed by atoms with Gasteiger partial charge in [-0.1, -0.05) is 0 Å². The number of hydrogen-bond donors (Lipinski definition) is 2. The number of fused-ring (bicyclic) bond motifs is 1. The van der Waals surface area contributed by atoms with E-state index in [2.05, 4.69) is 9.88 Å². The summed E-state index contributed by atoms with van der Waals surface area (Å²) in [7, 11) is 0. The molecular weight excluding hydrogens is 252 g/mol. The summed E-state index contributed by atoms with van der Waals surface area (Å²) in [5.74, 6) is 1.54. The van der Waals surface area contributed by atoms with Crippen molar-refractivity contribution in [3.63, 3.8) is 0 Å². The van der Waals surface area contributed by atoms with E-state index in [1.807, 2.05) is 32.0 Å². The molecule has 2 aromatic rings. The molecule has 1 aliphatic rings. The van der Waals surface area contributed by atoms with Crippen LogP contribution in [0.4, 0.5) is 5.69 Å². The van der Waals surface area contributed by atoms with E-state index in [0.717, 1.165) is 29.7 Å². The molecule has 5 nitrogen and oxygen atoms in total. The first-order valence-electron chi connectivity index (χ1n) is 7.17. The van der Waals surface area contributed by atoms with E-state index < -0.39 is 0 Å². The fraction of sp³-hybridized carbons (Fsp3) is 0.467. The van der Waals surface area contributed by atoms with Crippen LogP contribution in [0.3, 0.4) is 0 Å². The largest absolute Gasteiger partial charge is 0.399 e. The Hall–Kier alpha value is -2.04. The molecule has 0 aliphatic heterocycles. The molecule has 1 heterocycles. The van der Waals surface area contributed by atoms with Crippen molar-refractivity contribution in [2.75, 3.05) is 12.3 Å². The first kappa shape index (κ1) is 13.0. The molecule has 3 N–H and O–H groups in total. The number of nitrogens with zero attached hydrogens (tertiary/aromatic N) is 2. The lowest BCUT2D eigenvalue weighted by Gasteiger charge is -2.17. The Morgan fingerprint density at radius 3 is 2.95 bits per heavy atom. The molecule has 1 aromatic carbocycles. The molecule has 1 saturated carbocycles. The number of carbonyl (C=O) groups excluding carboxylic acids is 1. The minimum Gasteiger partial charge on any atom is -0.399 e. The smallest absolute Gasteiger partial charge is 0.242 e.